The van der Waals surface area contributed by atoms with Gasteiger partial charge in [-0.05, 0) is 25.7 Å². The summed E-state index contributed by atoms with van der Waals surface area (Å²) in [7, 11) is 1.40. The highest BCUT2D eigenvalue weighted by atomic mass is 16.5. The Hall–Kier alpha value is -1.06. The molecule has 4 heteroatoms. The van der Waals surface area contributed by atoms with Gasteiger partial charge in [0.05, 0.1) is 18.9 Å². The number of esters is 1. The van der Waals surface area contributed by atoms with Gasteiger partial charge >= 0.3 is 11.9 Å². The molecule has 1 saturated carbocycles. The first-order valence-corrected chi connectivity index (χ1v) is 5.45. The highest BCUT2D eigenvalue weighted by Crippen LogP contribution is 2.26. The number of rotatable bonds is 2. The quantitative estimate of drug-likeness (QED) is 0.712. The first kappa shape index (κ1) is 12.0. The lowest BCUT2D eigenvalue weighted by molar-refractivity contribution is -0.146. The number of carbonyl (C=O) groups is 2. The molecule has 86 valence electrons. The Labute approximate surface area is 89.6 Å². The standard InChI is InChI=1S/C11H18O4/c1-15-11(14)9-6-2-4-8(10(12)13)5-3-7-9/h8-9H,2-7H2,1H3,(H,12,13). The van der Waals surface area contributed by atoms with E-state index in [1.807, 2.05) is 0 Å². The molecule has 15 heavy (non-hydrogen) atoms. The molecule has 0 saturated heterocycles. The third kappa shape index (κ3) is 3.53. The molecule has 1 aliphatic rings. The van der Waals surface area contributed by atoms with Gasteiger partial charge in [0.15, 0.2) is 0 Å². The largest absolute Gasteiger partial charge is 0.481 e. The van der Waals surface area contributed by atoms with Crippen LogP contribution in [-0.4, -0.2) is 24.2 Å². The average molecular weight is 214 g/mol. The molecule has 0 amide bonds. The monoisotopic (exact) mass is 214 g/mol. The Morgan fingerprint density at radius 2 is 1.53 bits per heavy atom. The van der Waals surface area contributed by atoms with Crippen LogP contribution >= 0.6 is 0 Å². The van der Waals surface area contributed by atoms with E-state index in [0.717, 1.165) is 25.7 Å². The zero-order chi connectivity index (χ0) is 11.3. The van der Waals surface area contributed by atoms with Crippen LogP contribution in [0.15, 0.2) is 0 Å². The van der Waals surface area contributed by atoms with Crippen LogP contribution < -0.4 is 0 Å². The summed E-state index contributed by atoms with van der Waals surface area (Å²) in [4.78, 5) is 22.1. The van der Waals surface area contributed by atoms with E-state index < -0.39 is 5.97 Å². The van der Waals surface area contributed by atoms with Crippen molar-refractivity contribution < 1.29 is 19.4 Å². The van der Waals surface area contributed by atoms with E-state index in [-0.39, 0.29) is 17.8 Å². The summed E-state index contributed by atoms with van der Waals surface area (Å²) in [6.45, 7) is 0. The molecule has 1 aliphatic carbocycles. The molecule has 0 atom stereocenters. The maximum atomic E-state index is 11.3. The Kier molecular flexibility index (Phi) is 4.59. The molecule has 0 heterocycles. The predicted octanol–water partition coefficient (Wildman–Crippen LogP) is 1.83. The van der Waals surface area contributed by atoms with Crippen molar-refractivity contribution in [3.63, 3.8) is 0 Å². The van der Waals surface area contributed by atoms with E-state index in [0.29, 0.717) is 12.8 Å². The molecule has 0 unspecified atom stereocenters. The fraction of sp³-hybridized carbons (Fsp3) is 0.818. The summed E-state index contributed by atoms with van der Waals surface area (Å²) < 4.78 is 4.71. The molecule has 0 aromatic carbocycles. The van der Waals surface area contributed by atoms with Gasteiger partial charge in [-0.2, -0.15) is 0 Å². The fourth-order valence-corrected chi connectivity index (χ4v) is 2.16. The minimum Gasteiger partial charge on any atom is -0.481 e. The van der Waals surface area contributed by atoms with Crippen molar-refractivity contribution in [2.75, 3.05) is 7.11 Å². The molecule has 1 fully saturated rings. The minimum atomic E-state index is -0.702. The maximum absolute atomic E-state index is 11.3. The normalized spacial score (nSPS) is 27.5. The van der Waals surface area contributed by atoms with Crippen molar-refractivity contribution in [2.24, 2.45) is 11.8 Å². The predicted molar refractivity (Wildman–Crippen MR) is 54.3 cm³/mol. The second kappa shape index (κ2) is 5.73. The molecule has 1 N–H and O–H groups in total. The van der Waals surface area contributed by atoms with Gasteiger partial charge in [0.2, 0.25) is 0 Å². The zero-order valence-electron chi connectivity index (χ0n) is 9.07. The van der Waals surface area contributed by atoms with E-state index in [1.54, 1.807) is 0 Å². The molecule has 0 aromatic heterocycles. The SMILES string of the molecule is COC(=O)C1CCCC(C(=O)O)CCC1. The van der Waals surface area contributed by atoms with Crippen molar-refractivity contribution >= 4 is 11.9 Å². The van der Waals surface area contributed by atoms with Crippen LogP contribution in [0.4, 0.5) is 0 Å². The fourth-order valence-electron chi connectivity index (χ4n) is 2.16. The Bertz CT molecular complexity index is 227. The maximum Gasteiger partial charge on any atom is 0.308 e. The second-order valence-electron chi connectivity index (χ2n) is 4.12. The Morgan fingerprint density at radius 3 is 1.93 bits per heavy atom. The summed E-state index contributed by atoms with van der Waals surface area (Å²) in [5.74, 6) is -1.09. The smallest absolute Gasteiger partial charge is 0.308 e. The average Bonchev–Trinajstić information content (AvgIpc) is 2.16. The highest BCUT2D eigenvalue weighted by Gasteiger charge is 2.25. The number of hydrogen-bond acceptors (Lipinski definition) is 3. The van der Waals surface area contributed by atoms with Crippen LogP contribution in [0, 0.1) is 11.8 Å². The van der Waals surface area contributed by atoms with E-state index in [2.05, 4.69) is 0 Å². The molecule has 4 nitrogen and oxygen atoms in total. The lowest BCUT2D eigenvalue weighted by Gasteiger charge is -2.20. The first-order chi connectivity index (χ1) is 7.15. The van der Waals surface area contributed by atoms with Gasteiger partial charge < -0.3 is 9.84 Å². The van der Waals surface area contributed by atoms with Gasteiger partial charge in [-0.3, -0.25) is 9.59 Å². The van der Waals surface area contributed by atoms with Crippen molar-refractivity contribution in [1.82, 2.24) is 0 Å². The number of methoxy groups -OCH3 is 1. The van der Waals surface area contributed by atoms with Crippen LogP contribution in [0.25, 0.3) is 0 Å². The Morgan fingerprint density at radius 1 is 1.07 bits per heavy atom. The number of carbonyl (C=O) groups excluding carboxylic acids is 1. The summed E-state index contributed by atoms with van der Waals surface area (Å²) in [5, 5.41) is 8.88. The van der Waals surface area contributed by atoms with Crippen LogP contribution in [0.1, 0.15) is 38.5 Å². The van der Waals surface area contributed by atoms with Crippen LogP contribution in [0.2, 0.25) is 0 Å². The van der Waals surface area contributed by atoms with E-state index in [1.165, 1.54) is 7.11 Å². The van der Waals surface area contributed by atoms with Crippen molar-refractivity contribution in [3.05, 3.63) is 0 Å². The third-order valence-corrected chi connectivity index (χ3v) is 3.09. The van der Waals surface area contributed by atoms with Gasteiger partial charge in [-0.25, -0.2) is 0 Å². The molecule has 0 aromatic rings. The van der Waals surface area contributed by atoms with E-state index in [9.17, 15) is 9.59 Å². The molecular weight excluding hydrogens is 196 g/mol. The first-order valence-electron chi connectivity index (χ1n) is 5.45. The summed E-state index contributed by atoms with van der Waals surface area (Å²) in [5.41, 5.74) is 0. The number of carboxylic acids is 1. The third-order valence-electron chi connectivity index (χ3n) is 3.09. The van der Waals surface area contributed by atoms with Gasteiger partial charge in [0, 0.05) is 0 Å². The molecule has 0 aliphatic heterocycles. The summed E-state index contributed by atoms with van der Waals surface area (Å²) in [6.07, 6.45) is 4.49. The van der Waals surface area contributed by atoms with Crippen LogP contribution in [-0.2, 0) is 14.3 Å². The number of ether oxygens (including phenoxy) is 1. The van der Waals surface area contributed by atoms with Crippen molar-refractivity contribution in [2.45, 2.75) is 38.5 Å². The number of hydrogen-bond donors (Lipinski definition) is 1. The minimum absolute atomic E-state index is 0.0234. The van der Waals surface area contributed by atoms with E-state index >= 15 is 0 Å². The van der Waals surface area contributed by atoms with E-state index in [4.69, 9.17) is 9.84 Å². The van der Waals surface area contributed by atoms with Crippen molar-refractivity contribution in [1.29, 1.82) is 0 Å². The second-order valence-corrected chi connectivity index (χ2v) is 4.12. The van der Waals surface area contributed by atoms with Crippen molar-refractivity contribution in [3.8, 4) is 0 Å². The molecule has 1 rings (SSSR count). The number of carboxylic acid groups (broad SMARTS) is 1. The molecular formula is C11H18O4. The molecule has 0 spiro atoms. The summed E-state index contributed by atoms with van der Waals surface area (Å²) >= 11 is 0. The topological polar surface area (TPSA) is 63.6 Å². The lowest BCUT2D eigenvalue weighted by atomic mass is 9.86. The summed E-state index contributed by atoms with van der Waals surface area (Å²) in [6, 6.07) is 0. The van der Waals surface area contributed by atoms with Gasteiger partial charge in [-0.1, -0.05) is 12.8 Å². The Balaban J connectivity index is 2.43. The van der Waals surface area contributed by atoms with Gasteiger partial charge in [0.1, 0.15) is 0 Å². The van der Waals surface area contributed by atoms with Gasteiger partial charge in [0.25, 0.3) is 0 Å². The lowest BCUT2D eigenvalue weighted by Crippen LogP contribution is -2.21. The van der Waals surface area contributed by atoms with Gasteiger partial charge in [-0.15, -0.1) is 0 Å². The molecule has 0 radical (unpaired) electrons. The molecule has 0 bridgehead atoms. The van der Waals surface area contributed by atoms with Crippen LogP contribution in [0.5, 0.6) is 0 Å². The van der Waals surface area contributed by atoms with Crippen LogP contribution in [0.3, 0.4) is 0 Å². The highest BCUT2D eigenvalue weighted by molar-refractivity contribution is 5.72. The zero-order valence-corrected chi connectivity index (χ0v) is 9.07. The number of aliphatic carboxylic acids is 1.